The van der Waals surface area contributed by atoms with Gasteiger partial charge in [0.25, 0.3) is 5.91 Å². The summed E-state index contributed by atoms with van der Waals surface area (Å²) in [5, 5.41) is 0. The maximum atomic E-state index is 12.5. The number of amides is 1. The molecule has 2 rings (SSSR count). The van der Waals surface area contributed by atoms with Crippen molar-refractivity contribution < 1.29 is 14.3 Å². The summed E-state index contributed by atoms with van der Waals surface area (Å²) in [5.74, 6) is -0.0677. The second-order valence-electron chi connectivity index (χ2n) is 4.83. The van der Waals surface area contributed by atoms with Crippen LogP contribution in [0.3, 0.4) is 0 Å². The first-order valence-corrected chi connectivity index (χ1v) is 6.77. The van der Waals surface area contributed by atoms with Crippen molar-refractivity contribution in [2.45, 2.75) is 26.7 Å². The molecule has 4 heteroatoms. The number of anilines is 1. The highest BCUT2D eigenvalue weighted by Crippen LogP contribution is 2.26. The first-order valence-electron chi connectivity index (χ1n) is 6.77. The van der Waals surface area contributed by atoms with Crippen molar-refractivity contribution in [2.75, 3.05) is 18.6 Å². The van der Waals surface area contributed by atoms with E-state index in [-0.39, 0.29) is 17.4 Å². The van der Waals surface area contributed by atoms with Crippen molar-refractivity contribution in [3.63, 3.8) is 0 Å². The monoisotopic (exact) mass is 273 g/mol. The lowest BCUT2D eigenvalue weighted by Crippen LogP contribution is -2.39. The largest absolute Gasteiger partial charge is 0.491 e. The average Bonchev–Trinajstić information content (AvgIpc) is 2.47. The summed E-state index contributed by atoms with van der Waals surface area (Å²) in [5.41, 5.74) is 2.49. The summed E-state index contributed by atoms with van der Waals surface area (Å²) in [4.78, 5) is 26.0. The number of carbonyl (C=O) groups is 2. The standard InChI is InChI=1S/C16H19NO3/c1-4-14(18)13-9-10-17(16(19)15(13)20-3)12-7-5-11(2)6-8-12/h5-8H,4,9-10H2,1-3H3. The number of hydrogen-bond acceptors (Lipinski definition) is 3. The number of rotatable bonds is 4. The molecular formula is C16H19NO3. The SMILES string of the molecule is CCC(=O)C1=C(OC)C(=O)N(c2ccc(C)cc2)CC1. The Kier molecular flexibility index (Phi) is 4.23. The van der Waals surface area contributed by atoms with Gasteiger partial charge in [0.2, 0.25) is 0 Å². The van der Waals surface area contributed by atoms with Crippen LogP contribution in [-0.2, 0) is 14.3 Å². The Morgan fingerprint density at radius 3 is 2.50 bits per heavy atom. The van der Waals surface area contributed by atoms with Gasteiger partial charge in [-0.15, -0.1) is 0 Å². The van der Waals surface area contributed by atoms with Gasteiger partial charge in [-0.05, 0) is 25.5 Å². The highest BCUT2D eigenvalue weighted by molar-refractivity contribution is 6.11. The van der Waals surface area contributed by atoms with Gasteiger partial charge in [0, 0.05) is 24.2 Å². The number of methoxy groups -OCH3 is 1. The lowest BCUT2D eigenvalue weighted by atomic mass is 9.99. The van der Waals surface area contributed by atoms with E-state index in [9.17, 15) is 9.59 Å². The maximum absolute atomic E-state index is 12.5. The Labute approximate surface area is 119 Å². The van der Waals surface area contributed by atoms with Crippen LogP contribution in [0.2, 0.25) is 0 Å². The molecule has 20 heavy (non-hydrogen) atoms. The second-order valence-corrected chi connectivity index (χ2v) is 4.83. The summed E-state index contributed by atoms with van der Waals surface area (Å²) in [6, 6.07) is 7.75. The molecule has 4 nitrogen and oxygen atoms in total. The van der Waals surface area contributed by atoms with Gasteiger partial charge in [-0.1, -0.05) is 24.6 Å². The number of ether oxygens (including phenoxy) is 1. The van der Waals surface area contributed by atoms with Gasteiger partial charge >= 0.3 is 0 Å². The van der Waals surface area contributed by atoms with Crippen LogP contribution < -0.4 is 4.90 Å². The normalized spacial score (nSPS) is 15.6. The predicted molar refractivity (Wildman–Crippen MR) is 77.5 cm³/mol. The average molecular weight is 273 g/mol. The molecule has 1 aromatic carbocycles. The lowest BCUT2D eigenvalue weighted by molar-refractivity contribution is -0.121. The van der Waals surface area contributed by atoms with Crippen LogP contribution in [0.15, 0.2) is 35.6 Å². The fourth-order valence-electron chi connectivity index (χ4n) is 2.35. The lowest BCUT2D eigenvalue weighted by Gasteiger charge is -2.29. The van der Waals surface area contributed by atoms with Gasteiger partial charge in [0.15, 0.2) is 11.5 Å². The Balaban J connectivity index is 2.34. The molecule has 1 amide bonds. The Morgan fingerprint density at radius 2 is 1.95 bits per heavy atom. The number of nitrogens with zero attached hydrogens (tertiary/aromatic N) is 1. The third-order valence-electron chi connectivity index (χ3n) is 3.51. The molecule has 0 N–H and O–H groups in total. The number of aryl methyl sites for hydroxylation is 1. The van der Waals surface area contributed by atoms with E-state index in [1.165, 1.54) is 7.11 Å². The van der Waals surface area contributed by atoms with Crippen LogP contribution in [0.1, 0.15) is 25.3 Å². The van der Waals surface area contributed by atoms with Crippen molar-refractivity contribution in [1.82, 2.24) is 0 Å². The van der Waals surface area contributed by atoms with Crippen molar-refractivity contribution in [3.05, 3.63) is 41.2 Å². The molecule has 1 aliphatic heterocycles. The summed E-state index contributed by atoms with van der Waals surface area (Å²) in [6.45, 7) is 4.30. The van der Waals surface area contributed by atoms with Gasteiger partial charge in [0.1, 0.15) is 0 Å². The minimum atomic E-state index is -0.237. The number of ketones is 1. The molecule has 0 atom stereocenters. The fourth-order valence-corrected chi connectivity index (χ4v) is 2.35. The number of benzene rings is 1. The van der Waals surface area contributed by atoms with E-state index in [4.69, 9.17) is 4.74 Å². The molecule has 1 aliphatic rings. The van der Waals surface area contributed by atoms with E-state index in [2.05, 4.69) is 0 Å². The summed E-state index contributed by atoms with van der Waals surface area (Å²) < 4.78 is 5.18. The quantitative estimate of drug-likeness (QED) is 0.847. The van der Waals surface area contributed by atoms with Gasteiger partial charge in [0.05, 0.1) is 7.11 Å². The molecule has 0 spiro atoms. The van der Waals surface area contributed by atoms with Gasteiger partial charge in [-0.2, -0.15) is 0 Å². The van der Waals surface area contributed by atoms with Crippen molar-refractivity contribution in [3.8, 4) is 0 Å². The van der Waals surface area contributed by atoms with E-state index in [1.54, 1.807) is 11.8 Å². The number of carbonyl (C=O) groups excluding carboxylic acids is 2. The van der Waals surface area contributed by atoms with Gasteiger partial charge in [-0.25, -0.2) is 0 Å². The van der Waals surface area contributed by atoms with Crippen LogP contribution in [0.4, 0.5) is 5.69 Å². The third kappa shape index (κ3) is 2.59. The van der Waals surface area contributed by atoms with Crippen LogP contribution in [0.5, 0.6) is 0 Å². The summed E-state index contributed by atoms with van der Waals surface area (Å²) in [6.07, 6.45) is 0.926. The van der Waals surface area contributed by atoms with Crippen molar-refractivity contribution >= 4 is 17.4 Å². The zero-order valence-electron chi connectivity index (χ0n) is 12.1. The van der Waals surface area contributed by atoms with Gasteiger partial charge in [-0.3, -0.25) is 9.59 Å². The second kappa shape index (κ2) is 5.90. The predicted octanol–water partition coefficient (Wildman–Crippen LogP) is 2.61. The van der Waals surface area contributed by atoms with Crippen LogP contribution >= 0.6 is 0 Å². The Morgan fingerprint density at radius 1 is 1.30 bits per heavy atom. The molecule has 0 aliphatic carbocycles. The highest BCUT2D eigenvalue weighted by atomic mass is 16.5. The molecule has 0 saturated carbocycles. The van der Waals surface area contributed by atoms with Gasteiger partial charge < -0.3 is 9.64 Å². The third-order valence-corrected chi connectivity index (χ3v) is 3.51. The minimum absolute atomic E-state index is 0.0150. The van der Waals surface area contributed by atoms with Crippen molar-refractivity contribution in [1.29, 1.82) is 0 Å². The van der Waals surface area contributed by atoms with Crippen molar-refractivity contribution in [2.24, 2.45) is 0 Å². The van der Waals surface area contributed by atoms with E-state index in [1.807, 2.05) is 31.2 Å². The van der Waals surface area contributed by atoms with E-state index in [0.717, 1.165) is 11.3 Å². The molecular weight excluding hydrogens is 254 g/mol. The molecule has 0 saturated heterocycles. The smallest absolute Gasteiger partial charge is 0.293 e. The molecule has 1 heterocycles. The van der Waals surface area contributed by atoms with Crippen LogP contribution in [0, 0.1) is 6.92 Å². The summed E-state index contributed by atoms with van der Waals surface area (Å²) >= 11 is 0. The highest BCUT2D eigenvalue weighted by Gasteiger charge is 2.31. The Hall–Kier alpha value is -2.10. The number of Topliss-reactive ketones (excluding diaryl/α,β-unsaturated/α-hetero) is 1. The Bertz CT molecular complexity index is 558. The van der Waals surface area contributed by atoms with E-state index < -0.39 is 0 Å². The molecule has 0 radical (unpaired) electrons. The number of hydrogen-bond donors (Lipinski definition) is 0. The molecule has 0 fully saturated rings. The maximum Gasteiger partial charge on any atom is 0.293 e. The topological polar surface area (TPSA) is 46.6 Å². The molecule has 106 valence electrons. The van der Waals surface area contributed by atoms with Crippen LogP contribution in [-0.4, -0.2) is 25.3 Å². The molecule has 0 bridgehead atoms. The zero-order valence-corrected chi connectivity index (χ0v) is 12.1. The first kappa shape index (κ1) is 14.3. The zero-order chi connectivity index (χ0) is 14.7. The van der Waals surface area contributed by atoms with E-state index in [0.29, 0.717) is 25.0 Å². The minimum Gasteiger partial charge on any atom is -0.491 e. The molecule has 0 aromatic heterocycles. The molecule has 0 unspecified atom stereocenters. The van der Waals surface area contributed by atoms with Crippen LogP contribution in [0.25, 0.3) is 0 Å². The summed E-state index contributed by atoms with van der Waals surface area (Å²) in [7, 11) is 1.44. The van der Waals surface area contributed by atoms with E-state index >= 15 is 0 Å². The first-order chi connectivity index (χ1) is 9.58. The molecule has 1 aromatic rings. The fraction of sp³-hybridized carbons (Fsp3) is 0.375.